The molecule has 129 heavy (non-hydrogen) atoms. The number of ketones is 2. The molecule has 0 aromatic heterocycles. The van der Waals surface area contributed by atoms with Crippen molar-refractivity contribution in [3.63, 3.8) is 0 Å². The van der Waals surface area contributed by atoms with E-state index in [1.165, 1.54) is 35.4 Å². The Morgan fingerprint density at radius 3 is 0.946 bits per heavy atom. The van der Waals surface area contributed by atoms with Gasteiger partial charge in [-0.3, -0.25) is 9.59 Å². The van der Waals surface area contributed by atoms with Gasteiger partial charge >= 0.3 is 17.9 Å². The number of oxime groups is 2. The fourth-order valence-electron chi connectivity index (χ4n) is 18.1. The number of carbonyl (C=O) groups is 5. The third-order valence-electron chi connectivity index (χ3n) is 23.1. The number of aromatic carboxylic acids is 2. The maximum absolute atomic E-state index is 12.8. The molecule has 0 radical (unpaired) electrons. The first-order valence-electron chi connectivity index (χ1n) is 43.8. The normalized spacial score (nSPS) is 17.8. The molecule has 5 aliphatic rings. The molecule has 20 heteroatoms. The van der Waals surface area contributed by atoms with E-state index in [1.54, 1.807) is 79.8 Å². The Morgan fingerprint density at radius 2 is 0.636 bits per heavy atom. The highest BCUT2D eigenvalue weighted by Crippen LogP contribution is 2.50. The van der Waals surface area contributed by atoms with Gasteiger partial charge < -0.3 is 49.0 Å². The van der Waals surface area contributed by atoms with E-state index >= 15 is 0 Å². The number of benzene rings is 9. The van der Waals surface area contributed by atoms with Gasteiger partial charge in [0.25, 0.3) is 0 Å². The van der Waals surface area contributed by atoms with Crippen LogP contribution in [0.2, 0.25) is 25.7 Å². The summed E-state index contributed by atoms with van der Waals surface area (Å²) in [5.41, 5.74) is 13.4. The molecular formula is C109H130Br2N2O15Si. The molecule has 0 saturated heterocycles. The standard InChI is InChI=1S/C28H36O4Si.2C23H25NO4.C15H20O2.C13H17BrO.C7H7Br/c1-27(2)19-28(3,4)32-25-15-13-22(18-23(25)27)24(29)14-10-20-8-11-21(12-9-20)26(30)31-16-17-33(5,6)7;2*1-22(2)14-23(3,4)28-20-12-10-17(13-18(20)22)19(24-27)11-7-15-5-8-16(9-6-15)21(25)26;1-10(16)11-6-7-13-12(8-11)14(2,3)9-15(4,5)17-13;1-12(2)8-13(3,4)15-11-6-5-9(14)7-10(11)12;1-6-2-4-7(8)5-3-6/h8-15,18H,16-17,19H2,1-7H3;2*5-13,27H,14H2,1-4H3,(H,25,26);6-8H,9H2,1-5H3;5-7H,8H2,1-4H3;2-5H,1H3/b14-10+;11-7+,24-19+;11-7+,24-19-;;;. The molecular weight excluding hydrogens is 1770 g/mol. The molecule has 0 aliphatic carbocycles. The van der Waals surface area contributed by atoms with E-state index < -0.39 is 20.0 Å². The summed E-state index contributed by atoms with van der Waals surface area (Å²) in [6, 6.07) is 58.6. The Morgan fingerprint density at radius 1 is 0.364 bits per heavy atom. The summed E-state index contributed by atoms with van der Waals surface area (Å²) in [5.74, 6) is 2.32. The third kappa shape index (κ3) is 28.5. The minimum Gasteiger partial charge on any atom is -0.488 e. The zero-order valence-electron chi connectivity index (χ0n) is 79.7. The first kappa shape index (κ1) is 102. The van der Waals surface area contributed by atoms with Gasteiger partial charge in [0.2, 0.25) is 0 Å². The Labute approximate surface area is 781 Å². The Kier molecular flexibility index (Phi) is 32.0. The lowest BCUT2D eigenvalue weighted by Gasteiger charge is -2.42. The van der Waals surface area contributed by atoms with Gasteiger partial charge in [-0.25, -0.2) is 14.4 Å². The van der Waals surface area contributed by atoms with Gasteiger partial charge in [0, 0.05) is 67.1 Å². The van der Waals surface area contributed by atoms with Crippen LogP contribution in [0.1, 0.15) is 290 Å². The number of aryl methyl sites for hydroxylation is 1. The summed E-state index contributed by atoms with van der Waals surface area (Å²) >= 11 is 6.86. The van der Waals surface area contributed by atoms with Crippen LogP contribution in [0.15, 0.2) is 226 Å². The van der Waals surface area contributed by atoms with Crippen LogP contribution in [0.3, 0.4) is 0 Å². The van der Waals surface area contributed by atoms with Gasteiger partial charge in [-0.2, -0.15) is 0 Å². The van der Waals surface area contributed by atoms with Crippen molar-refractivity contribution in [2.75, 3.05) is 6.61 Å². The van der Waals surface area contributed by atoms with E-state index in [1.807, 2.05) is 103 Å². The van der Waals surface area contributed by atoms with Crippen molar-refractivity contribution in [2.24, 2.45) is 10.3 Å². The van der Waals surface area contributed by atoms with Crippen LogP contribution in [0.4, 0.5) is 0 Å². The number of nitrogens with zero attached hydrogens (tertiary/aromatic N) is 2. The number of hydrogen-bond acceptors (Lipinski definition) is 15. The smallest absolute Gasteiger partial charge is 0.338 e. The van der Waals surface area contributed by atoms with Crippen LogP contribution < -0.4 is 23.7 Å². The Balaban J connectivity index is 0.000000182. The maximum Gasteiger partial charge on any atom is 0.338 e. The summed E-state index contributed by atoms with van der Waals surface area (Å²) < 4.78 is 38.0. The molecule has 9 aromatic carbocycles. The number of carboxylic acids is 2. The minimum atomic E-state index is -1.23. The van der Waals surface area contributed by atoms with Crippen LogP contribution in [-0.4, -0.2) is 104 Å². The maximum atomic E-state index is 12.8. The largest absolute Gasteiger partial charge is 0.488 e. The van der Waals surface area contributed by atoms with Gasteiger partial charge in [0.15, 0.2) is 11.6 Å². The molecule has 14 rings (SSSR count). The zero-order valence-corrected chi connectivity index (χ0v) is 83.9. The second-order valence-electron chi connectivity index (χ2n) is 41.7. The summed E-state index contributed by atoms with van der Waals surface area (Å²) in [5, 5.41) is 43.9. The molecule has 0 atom stereocenters. The first-order chi connectivity index (χ1) is 59.8. The third-order valence-corrected chi connectivity index (χ3v) is 25.9. The van der Waals surface area contributed by atoms with E-state index in [9.17, 15) is 34.4 Å². The molecule has 5 heterocycles. The van der Waals surface area contributed by atoms with Crippen LogP contribution in [0.5, 0.6) is 28.7 Å². The summed E-state index contributed by atoms with van der Waals surface area (Å²) in [6.07, 6.45) is 15.0. The fourth-order valence-corrected chi connectivity index (χ4v) is 19.5. The molecule has 0 fully saturated rings. The number of ether oxygens (including phenoxy) is 6. The zero-order chi connectivity index (χ0) is 95.6. The predicted molar refractivity (Wildman–Crippen MR) is 530 cm³/mol. The Hall–Kier alpha value is -10.9. The summed E-state index contributed by atoms with van der Waals surface area (Å²) in [4.78, 5) is 58.3. The van der Waals surface area contributed by atoms with Gasteiger partial charge in [0.05, 0.1) is 23.3 Å². The van der Waals surface area contributed by atoms with E-state index in [0.717, 1.165) is 131 Å². The molecule has 4 N–H and O–H groups in total. The highest BCUT2D eigenvalue weighted by Gasteiger charge is 2.44. The van der Waals surface area contributed by atoms with Gasteiger partial charge in [-0.05, 0) is 323 Å². The molecule has 0 bridgehead atoms. The molecule has 0 unspecified atom stereocenters. The van der Waals surface area contributed by atoms with Crippen molar-refractivity contribution >= 4 is 99.1 Å². The van der Waals surface area contributed by atoms with Crippen LogP contribution >= 0.6 is 31.9 Å². The molecule has 0 saturated carbocycles. The lowest BCUT2D eigenvalue weighted by molar-refractivity contribution is 0.0518. The molecule has 684 valence electrons. The number of fused-ring (bicyclic) bond motifs is 5. The number of halogens is 2. The number of esters is 1. The predicted octanol–water partition coefficient (Wildman–Crippen LogP) is 27.9. The number of hydrogen-bond donors (Lipinski definition) is 4. The number of rotatable bonds is 16. The first-order valence-corrected chi connectivity index (χ1v) is 49.1. The van der Waals surface area contributed by atoms with E-state index in [0.29, 0.717) is 29.2 Å². The lowest BCUT2D eigenvalue weighted by Crippen LogP contribution is -2.41. The summed E-state index contributed by atoms with van der Waals surface area (Å²) in [7, 11) is -1.23. The van der Waals surface area contributed by atoms with Gasteiger partial charge in [0.1, 0.15) is 68.2 Å². The number of carboxylic acid groups (broad SMARTS) is 2. The quantitative estimate of drug-likeness (QED) is 0.0134. The molecule has 17 nitrogen and oxygen atoms in total. The van der Waals surface area contributed by atoms with E-state index in [-0.39, 0.29) is 83.7 Å². The van der Waals surface area contributed by atoms with Crippen molar-refractivity contribution < 1.29 is 73.0 Å². The van der Waals surface area contributed by atoms with Crippen molar-refractivity contribution in [3.8, 4) is 28.7 Å². The lowest BCUT2D eigenvalue weighted by atomic mass is 9.73. The summed E-state index contributed by atoms with van der Waals surface area (Å²) in [6.45, 7) is 54.1. The monoisotopic (exact) mass is 1890 g/mol. The van der Waals surface area contributed by atoms with Crippen molar-refractivity contribution in [3.05, 3.63) is 304 Å². The van der Waals surface area contributed by atoms with Crippen molar-refractivity contribution in [2.45, 2.75) is 265 Å². The van der Waals surface area contributed by atoms with Crippen molar-refractivity contribution in [1.82, 2.24) is 0 Å². The molecule has 5 aliphatic heterocycles. The molecule has 9 aromatic rings. The van der Waals surface area contributed by atoms with Crippen molar-refractivity contribution in [1.29, 1.82) is 0 Å². The van der Waals surface area contributed by atoms with Gasteiger partial charge in [-0.1, -0.05) is 203 Å². The van der Waals surface area contributed by atoms with Crippen LogP contribution in [0.25, 0.3) is 18.2 Å². The van der Waals surface area contributed by atoms with E-state index in [2.05, 4.69) is 231 Å². The SMILES string of the molecule is CC(=O)c1ccc2c(c1)C(C)(C)CC(C)(C)O2.CC1(C)CC(C)(C)c2cc(Br)ccc2O1.CC1(C)CC(C)(C)c2cc(C(/C=C/c3ccc(C(=O)O)cc3)=N/O)ccc2O1.CC1(C)CC(C)(C)c2cc(C(/C=C/c3ccc(C(=O)O)cc3)=N\O)ccc2O1.CC1(C)CC(C)(C)c2cc(C(=O)/C=C/c3ccc(C(=O)OCC[Si](C)(C)C)cc3)ccc2O1.Cc1ccc(Br)cc1. The number of carbonyl (C=O) groups excluding carboxylic acids is 3. The topological polar surface area (TPSA) is 246 Å². The average molecular weight is 1900 g/mol. The molecule has 0 amide bonds. The molecule has 0 spiro atoms. The highest BCUT2D eigenvalue weighted by molar-refractivity contribution is 9.10. The van der Waals surface area contributed by atoms with E-state index in [4.69, 9.17) is 38.6 Å². The Bertz CT molecular complexity index is 5540. The van der Waals surface area contributed by atoms with Gasteiger partial charge in [-0.15, -0.1) is 0 Å². The highest BCUT2D eigenvalue weighted by atomic mass is 79.9. The average Bonchev–Trinajstić information content (AvgIpc) is 0.789. The fraction of sp³-hybridized carbons (Fsp3) is 0.385. The van der Waals surface area contributed by atoms with Crippen LogP contribution in [0, 0.1) is 6.92 Å². The number of Topliss-reactive ketones (excluding diaryl/α,β-unsaturated/α-hetero) is 1. The second kappa shape index (κ2) is 40.6. The number of allylic oxidation sites excluding steroid dienone is 3. The van der Waals surface area contributed by atoms with Crippen LogP contribution in [-0.2, 0) is 31.8 Å². The second-order valence-corrected chi connectivity index (χ2v) is 49.2. The minimum absolute atomic E-state index is 0.0442.